The van der Waals surface area contributed by atoms with E-state index in [2.05, 4.69) is 34.4 Å². The molecule has 0 saturated carbocycles. The molecule has 58 valence electrons. The van der Waals surface area contributed by atoms with E-state index in [-0.39, 0.29) is 0 Å². The van der Waals surface area contributed by atoms with Gasteiger partial charge in [0.2, 0.25) is 0 Å². The molecule has 3 rings (SSSR count). The van der Waals surface area contributed by atoms with E-state index in [1.807, 2.05) is 0 Å². The number of benzene rings is 1. The van der Waals surface area contributed by atoms with E-state index < -0.39 is 0 Å². The maximum absolute atomic E-state index is 4.35. The van der Waals surface area contributed by atoms with Crippen LogP contribution in [0.15, 0.2) is 30.5 Å². The molecule has 2 heterocycles. The van der Waals surface area contributed by atoms with E-state index in [1.54, 1.807) is 7.39 Å². The summed E-state index contributed by atoms with van der Waals surface area (Å²) in [6.45, 7) is 0. The zero-order chi connectivity index (χ0) is 7.97. The monoisotopic (exact) mass is 287 g/mol. The Bertz CT molecular complexity index is 534. The van der Waals surface area contributed by atoms with Gasteiger partial charge in [0.05, 0.1) is 0 Å². The summed E-state index contributed by atoms with van der Waals surface area (Å²) >= 11 is 1.01. The molecular formula is C9H5NSe2. The molecule has 1 nitrogen and oxygen atoms in total. The molecule has 0 saturated heterocycles. The van der Waals surface area contributed by atoms with E-state index in [4.69, 9.17) is 0 Å². The molecule has 3 heteroatoms. The predicted octanol–water partition coefficient (Wildman–Crippen LogP) is 1.50. The number of nitrogens with zero attached hydrogens (tertiary/aromatic N) is 1. The van der Waals surface area contributed by atoms with Crippen LogP contribution in [0.5, 0.6) is 0 Å². The van der Waals surface area contributed by atoms with Crippen molar-refractivity contribution in [1.82, 2.24) is 3.98 Å². The molecule has 0 fully saturated rings. The van der Waals surface area contributed by atoms with E-state index in [9.17, 15) is 0 Å². The molecule has 0 N–H and O–H groups in total. The summed E-state index contributed by atoms with van der Waals surface area (Å²) in [6, 6.07) is 8.71. The summed E-state index contributed by atoms with van der Waals surface area (Å²) in [5.74, 6) is 0. The SMILES string of the molecule is c1ccc2c(c1)[se]c1[se]ncc12. The van der Waals surface area contributed by atoms with Gasteiger partial charge in [-0.2, -0.15) is 0 Å². The average molecular weight is 285 g/mol. The molecule has 0 spiro atoms. The quantitative estimate of drug-likeness (QED) is 0.570. The minimum absolute atomic E-state index is 0.425. The third kappa shape index (κ3) is 0.884. The van der Waals surface area contributed by atoms with Crippen LogP contribution in [0, 0.1) is 0 Å². The third-order valence-electron chi connectivity index (χ3n) is 1.92. The molecule has 1 aromatic carbocycles. The van der Waals surface area contributed by atoms with Crippen molar-refractivity contribution in [2.45, 2.75) is 0 Å². The summed E-state index contributed by atoms with van der Waals surface area (Å²) < 4.78 is 7.51. The predicted molar refractivity (Wildman–Crippen MR) is 53.1 cm³/mol. The van der Waals surface area contributed by atoms with Crippen molar-refractivity contribution in [2.75, 3.05) is 0 Å². The Hall–Kier alpha value is -0.331. The zero-order valence-corrected chi connectivity index (χ0v) is 9.58. The topological polar surface area (TPSA) is 12.9 Å². The van der Waals surface area contributed by atoms with Gasteiger partial charge in [-0.3, -0.25) is 0 Å². The van der Waals surface area contributed by atoms with Crippen LogP contribution >= 0.6 is 0 Å². The van der Waals surface area contributed by atoms with Crippen molar-refractivity contribution in [2.24, 2.45) is 0 Å². The Labute approximate surface area is 81.7 Å². The van der Waals surface area contributed by atoms with Crippen LogP contribution in [0.3, 0.4) is 0 Å². The summed E-state index contributed by atoms with van der Waals surface area (Å²) in [5.41, 5.74) is 0. The minimum atomic E-state index is 0.425. The van der Waals surface area contributed by atoms with Gasteiger partial charge in [-0.15, -0.1) is 0 Å². The molecule has 0 atom stereocenters. The van der Waals surface area contributed by atoms with Gasteiger partial charge in [0.1, 0.15) is 0 Å². The van der Waals surface area contributed by atoms with E-state index in [0.29, 0.717) is 29.2 Å². The summed E-state index contributed by atoms with van der Waals surface area (Å²) in [6.07, 6.45) is 2.06. The molecule has 0 aliphatic rings. The molecular weight excluding hydrogens is 280 g/mol. The second-order valence-electron chi connectivity index (χ2n) is 2.63. The van der Waals surface area contributed by atoms with Crippen LogP contribution in [0.2, 0.25) is 0 Å². The molecule has 0 aliphatic heterocycles. The zero-order valence-electron chi connectivity index (χ0n) is 6.15. The van der Waals surface area contributed by atoms with Gasteiger partial charge < -0.3 is 0 Å². The fourth-order valence-corrected chi connectivity index (χ4v) is 6.28. The number of aromatic nitrogens is 1. The van der Waals surface area contributed by atoms with Crippen molar-refractivity contribution in [3.63, 3.8) is 0 Å². The second kappa shape index (κ2) is 2.58. The first-order chi connectivity index (χ1) is 5.95. The molecule has 12 heavy (non-hydrogen) atoms. The summed E-state index contributed by atoms with van der Waals surface area (Å²) in [5, 5.41) is 2.88. The van der Waals surface area contributed by atoms with E-state index >= 15 is 0 Å². The first kappa shape index (κ1) is 7.11. The van der Waals surface area contributed by atoms with Crippen molar-refractivity contribution >= 4 is 47.4 Å². The van der Waals surface area contributed by atoms with Crippen molar-refractivity contribution in [3.05, 3.63) is 30.5 Å². The third-order valence-corrected chi connectivity index (χ3v) is 6.95. The number of fused-ring (bicyclic) bond motifs is 3. The number of hydrogen-bond donors (Lipinski definition) is 0. The first-order valence-corrected chi connectivity index (χ1v) is 7.00. The van der Waals surface area contributed by atoms with Gasteiger partial charge in [0, 0.05) is 0 Å². The number of rotatable bonds is 0. The fraction of sp³-hybridized carbons (Fsp3) is 0. The second-order valence-corrected chi connectivity index (χ2v) is 7.82. The van der Waals surface area contributed by atoms with Gasteiger partial charge in [-0.1, -0.05) is 0 Å². The van der Waals surface area contributed by atoms with Crippen molar-refractivity contribution in [3.8, 4) is 0 Å². The standard InChI is InChI=1S/C9H5NSe2/c1-2-4-8-6(3-1)7-5-10-12-9(7)11-8/h1-5H. The van der Waals surface area contributed by atoms with Gasteiger partial charge in [0.15, 0.2) is 0 Å². The van der Waals surface area contributed by atoms with Gasteiger partial charge in [-0.25, -0.2) is 0 Å². The molecule has 0 bridgehead atoms. The van der Waals surface area contributed by atoms with Gasteiger partial charge in [0.25, 0.3) is 0 Å². The molecule has 3 aromatic rings. The van der Waals surface area contributed by atoms with Crippen LogP contribution in [0.25, 0.3) is 18.2 Å². The van der Waals surface area contributed by atoms with Crippen LogP contribution in [0.1, 0.15) is 0 Å². The molecule has 0 unspecified atom stereocenters. The van der Waals surface area contributed by atoms with Crippen LogP contribution in [-0.4, -0.2) is 33.2 Å². The normalized spacial score (nSPS) is 11.3. The van der Waals surface area contributed by atoms with Crippen molar-refractivity contribution in [1.29, 1.82) is 0 Å². The van der Waals surface area contributed by atoms with Crippen molar-refractivity contribution < 1.29 is 0 Å². The van der Waals surface area contributed by atoms with Crippen LogP contribution < -0.4 is 0 Å². The Morgan fingerprint density at radius 2 is 2.00 bits per heavy atom. The van der Waals surface area contributed by atoms with E-state index in [0.717, 1.165) is 0 Å². The Balaban J connectivity index is 2.68. The van der Waals surface area contributed by atoms with Crippen LogP contribution in [0.4, 0.5) is 0 Å². The molecule has 2 aromatic heterocycles. The Morgan fingerprint density at radius 1 is 1.08 bits per heavy atom. The van der Waals surface area contributed by atoms with Gasteiger partial charge in [-0.05, 0) is 0 Å². The fourth-order valence-electron chi connectivity index (χ4n) is 1.36. The van der Waals surface area contributed by atoms with Crippen LogP contribution in [-0.2, 0) is 0 Å². The molecule has 0 amide bonds. The van der Waals surface area contributed by atoms with Gasteiger partial charge >= 0.3 is 81.8 Å². The average Bonchev–Trinajstić information content (AvgIpc) is 2.62. The molecule has 0 aliphatic carbocycles. The Kier molecular flexibility index (Phi) is 1.53. The van der Waals surface area contributed by atoms with E-state index in [1.165, 1.54) is 10.8 Å². The number of hydrogen-bond acceptors (Lipinski definition) is 1. The summed E-state index contributed by atoms with van der Waals surface area (Å²) in [4.78, 5) is 0. The summed E-state index contributed by atoms with van der Waals surface area (Å²) in [7, 11) is 0. The maximum atomic E-state index is 4.35. The first-order valence-electron chi connectivity index (χ1n) is 3.67. The molecule has 0 radical (unpaired) electrons. The Morgan fingerprint density at radius 3 is 3.00 bits per heavy atom.